The fourth-order valence-corrected chi connectivity index (χ4v) is 6.46. The van der Waals surface area contributed by atoms with Gasteiger partial charge in [-0.1, -0.05) is 0 Å². The zero-order chi connectivity index (χ0) is 32.0. The van der Waals surface area contributed by atoms with Gasteiger partial charge >= 0.3 is 21.5 Å². The van der Waals surface area contributed by atoms with Gasteiger partial charge in [0.05, 0.1) is 25.1 Å². The minimum atomic E-state index is -5.37. The first-order chi connectivity index (χ1) is 20.7. The Morgan fingerprint density at radius 1 is 1.09 bits per heavy atom. The highest BCUT2D eigenvalue weighted by Gasteiger charge is 2.47. The van der Waals surface area contributed by atoms with Gasteiger partial charge in [0, 0.05) is 6.07 Å². The zero-order valence-corrected chi connectivity index (χ0v) is 24.3. The van der Waals surface area contributed by atoms with Crippen LogP contribution in [0.3, 0.4) is 0 Å². The molecule has 0 radical (unpaired) electrons. The van der Waals surface area contributed by atoms with Gasteiger partial charge in [-0.3, -0.25) is 18.4 Å². The van der Waals surface area contributed by atoms with Crippen LogP contribution in [-0.4, -0.2) is 99.2 Å². The van der Waals surface area contributed by atoms with Crippen LogP contribution in [0.2, 0.25) is 0 Å². The molecule has 1 saturated heterocycles. The van der Waals surface area contributed by atoms with E-state index < -0.39 is 71.4 Å². The van der Waals surface area contributed by atoms with E-state index in [1.54, 1.807) is 0 Å². The van der Waals surface area contributed by atoms with Crippen LogP contribution in [0, 0.1) is 0 Å². The van der Waals surface area contributed by atoms with Crippen molar-refractivity contribution in [3.8, 4) is 0 Å². The lowest BCUT2D eigenvalue weighted by Crippen LogP contribution is -2.34. The van der Waals surface area contributed by atoms with Gasteiger partial charge in [0.15, 0.2) is 48.1 Å². The third-order valence-electron chi connectivity index (χ3n) is 6.56. The van der Waals surface area contributed by atoms with E-state index in [-0.39, 0.29) is 34.2 Å². The second-order valence-electron chi connectivity index (χ2n) is 9.59. The van der Waals surface area contributed by atoms with Gasteiger partial charge in [0.25, 0.3) is 0 Å². The fraction of sp³-hybridized carbons (Fsp3) is 0.409. The van der Waals surface area contributed by atoms with Crippen molar-refractivity contribution in [3.05, 3.63) is 48.5 Å². The molecule has 0 bridgehead atoms. The lowest BCUT2D eigenvalue weighted by molar-refractivity contribution is -0.602. The van der Waals surface area contributed by atoms with Gasteiger partial charge in [0.1, 0.15) is 30.2 Å². The van der Waals surface area contributed by atoms with Crippen molar-refractivity contribution >= 4 is 44.3 Å². The molecule has 8 N–H and O–H groups in total. The van der Waals surface area contributed by atoms with Crippen LogP contribution in [0.25, 0.3) is 17.0 Å². The number of nitrogen functional groups attached to an aromatic ring is 1. The maximum atomic E-state index is 12.4. The number of hydrogen-bond donors (Lipinski definition) is 7. The minimum absolute atomic E-state index is 0.0523. The van der Waals surface area contributed by atoms with Crippen LogP contribution in [0.5, 0.6) is 0 Å². The van der Waals surface area contributed by atoms with Crippen LogP contribution in [0.15, 0.2) is 42.9 Å². The number of Topliss-reactive ketones (excluding diaryl/α,β-unsaturated/α-hetero) is 1. The number of aliphatic hydroxyl groups excluding tert-OH is 4. The summed E-state index contributed by atoms with van der Waals surface area (Å²) in [5.74, 6) is -1.21. The highest BCUT2D eigenvalue weighted by molar-refractivity contribution is 7.61. The fourth-order valence-electron chi connectivity index (χ4n) is 4.36. The lowest BCUT2D eigenvalue weighted by atomic mass is 10.1. The molecule has 238 valence electrons. The number of phosphoric ester groups is 2. The molecular weight excluding hydrogens is 634 g/mol. The van der Waals surface area contributed by atoms with Crippen LogP contribution in [0.4, 0.5) is 5.82 Å². The van der Waals surface area contributed by atoms with E-state index in [1.165, 1.54) is 46.9 Å². The van der Waals surface area contributed by atoms with E-state index in [9.17, 15) is 44.1 Å². The Bertz CT molecular complexity index is 1700. The maximum Gasteiger partial charge on any atom is 0.481 e. The van der Waals surface area contributed by atoms with Gasteiger partial charge in [-0.2, -0.15) is 4.31 Å². The molecule has 0 saturated carbocycles. The molecule has 0 aromatic carbocycles. The van der Waals surface area contributed by atoms with Gasteiger partial charge < -0.3 is 45.4 Å². The summed E-state index contributed by atoms with van der Waals surface area (Å²) in [4.78, 5) is 43.5. The summed E-state index contributed by atoms with van der Waals surface area (Å²) < 4.78 is 51.9. The van der Waals surface area contributed by atoms with E-state index in [0.29, 0.717) is 0 Å². The molecule has 0 aliphatic carbocycles. The normalized spacial score (nSPS) is 28.1. The Morgan fingerprint density at radius 3 is 2.45 bits per heavy atom. The number of fused-ring (bicyclic) bond motifs is 1. The Labute approximate surface area is 246 Å². The number of rotatable bonds is 11. The summed E-state index contributed by atoms with van der Waals surface area (Å²) in [6, 6.07) is 2.98. The van der Waals surface area contributed by atoms with Gasteiger partial charge in [-0.05, 0) is 13.0 Å². The molecule has 0 spiro atoms. The number of ketones is 1. The predicted molar refractivity (Wildman–Crippen MR) is 142 cm³/mol. The number of phosphoric acid groups is 2. The number of hydrogen-bond acceptors (Lipinski definition) is 16. The van der Waals surface area contributed by atoms with Crippen molar-refractivity contribution in [2.45, 2.75) is 43.7 Å². The summed E-state index contributed by atoms with van der Waals surface area (Å²) in [6.07, 6.45) is -4.06. The Morgan fingerprint density at radius 2 is 1.77 bits per heavy atom. The molecule has 2 unspecified atom stereocenters. The van der Waals surface area contributed by atoms with Crippen molar-refractivity contribution in [2.75, 3.05) is 18.9 Å². The van der Waals surface area contributed by atoms with Crippen LogP contribution in [-0.2, 0) is 32.0 Å². The van der Waals surface area contributed by atoms with Crippen molar-refractivity contribution in [1.29, 1.82) is 0 Å². The van der Waals surface area contributed by atoms with E-state index in [4.69, 9.17) is 19.7 Å². The predicted octanol–water partition coefficient (Wildman–Crippen LogP) is -1.09. The summed E-state index contributed by atoms with van der Waals surface area (Å²) in [5, 5.41) is 41.5. The van der Waals surface area contributed by atoms with Crippen molar-refractivity contribution in [1.82, 2.24) is 19.5 Å². The van der Waals surface area contributed by atoms with Gasteiger partial charge in [-0.15, -0.1) is 4.57 Å². The highest BCUT2D eigenvalue weighted by Crippen LogP contribution is 2.60. The Kier molecular flexibility index (Phi) is 8.87. The Hall–Kier alpha value is -3.39. The van der Waals surface area contributed by atoms with E-state index >= 15 is 0 Å². The number of carbonyl (C=O) groups excluding carboxylic acids is 1. The molecule has 44 heavy (non-hydrogen) atoms. The van der Waals surface area contributed by atoms with Gasteiger partial charge in [0.2, 0.25) is 5.76 Å². The number of anilines is 1. The first-order valence-electron chi connectivity index (χ1n) is 12.6. The number of imidazole rings is 1. The number of pyridine rings is 1. The number of nitrogens with two attached hydrogens (primary N) is 1. The molecule has 0 amide bonds. The monoisotopic (exact) mass is 661 g/mol. The van der Waals surface area contributed by atoms with Crippen LogP contribution >= 0.6 is 15.6 Å². The number of aromatic nitrogens is 5. The minimum Gasteiger partial charge on any atom is -0.502 e. The smallest absolute Gasteiger partial charge is 0.481 e. The molecule has 5 rings (SSSR count). The molecule has 22 heteroatoms. The number of carbonyl (C=O) groups is 1. The number of ether oxygens (including phenoxy) is 2. The van der Waals surface area contributed by atoms with Crippen molar-refractivity contribution in [3.63, 3.8) is 0 Å². The van der Waals surface area contributed by atoms with Crippen molar-refractivity contribution < 1.29 is 71.5 Å². The summed E-state index contributed by atoms with van der Waals surface area (Å²) in [7, 11) is -10.7. The largest absolute Gasteiger partial charge is 0.502 e. The second-order valence-corrected chi connectivity index (χ2v) is 12.6. The standard InChI is InChI=1S/C22H26N6O14P2/c1-10(29)11-3-2-4-27(5-11)21-17(32)15(30)12(40-21)6-38-43(34,35)42-44(36,37)39-7-13-16(31)18(33)22(41-13)28-9-26-14-19(23)24-8-25-20(14)28/h2-5,8-9,12-13,15-16,18,22,30-31,33H,6-7H2,1H3,(H4-,23,24,25,32,34,35,36,37)/p+1/t12-,13-,15-,16-,18-,22-/m1/s1. The average molecular weight is 661 g/mol. The van der Waals surface area contributed by atoms with Gasteiger partial charge in [-0.25, -0.2) is 24.1 Å². The molecule has 3 aromatic rings. The van der Waals surface area contributed by atoms with E-state index in [1.807, 2.05) is 0 Å². The van der Waals surface area contributed by atoms with E-state index in [2.05, 4.69) is 23.8 Å². The molecule has 3 aromatic heterocycles. The molecule has 20 nitrogen and oxygen atoms in total. The SMILES string of the molecule is CC(=O)c1ccc[n+](C2=C(O)[C@H](O)[C@@H](COP(=O)(O)OP(=O)(O)OC[C@H]3O[C@@H](n4cnc5c(N)ncnc54)[C@H](O)[C@@H]3O)O2)c1. The first-order valence-corrected chi connectivity index (χ1v) is 15.6. The summed E-state index contributed by atoms with van der Waals surface area (Å²) >= 11 is 0. The molecule has 1 fully saturated rings. The molecule has 2 aliphatic rings. The first kappa shape index (κ1) is 32.0. The lowest BCUT2D eigenvalue weighted by Gasteiger charge is -2.20. The zero-order valence-electron chi connectivity index (χ0n) is 22.5. The highest BCUT2D eigenvalue weighted by atomic mass is 31.3. The van der Waals surface area contributed by atoms with Crippen LogP contribution in [0.1, 0.15) is 23.5 Å². The summed E-state index contributed by atoms with van der Waals surface area (Å²) in [6.45, 7) is -0.495. The molecule has 8 atom stereocenters. The van der Waals surface area contributed by atoms with E-state index in [0.717, 1.165) is 6.33 Å². The molecule has 5 heterocycles. The molecular formula is C22H27N6O14P2+. The number of aliphatic hydroxyl groups is 4. The Balaban J connectivity index is 1.16. The molecule has 2 aliphatic heterocycles. The third kappa shape index (κ3) is 6.51. The topological polar surface area (TPSA) is 292 Å². The maximum absolute atomic E-state index is 12.4. The quantitative estimate of drug-likeness (QED) is 0.0730. The van der Waals surface area contributed by atoms with Crippen molar-refractivity contribution in [2.24, 2.45) is 0 Å². The number of nitrogens with zero attached hydrogens (tertiary/aromatic N) is 5. The summed E-state index contributed by atoms with van der Waals surface area (Å²) in [5.41, 5.74) is 6.37. The van der Waals surface area contributed by atoms with Crippen LogP contribution < -0.4 is 10.3 Å². The second kappa shape index (κ2) is 12.2. The third-order valence-corrected chi connectivity index (χ3v) is 9.17. The average Bonchev–Trinajstić information content (AvgIpc) is 3.61.